The Balaban J connectivity index is 2.05. The van der Waals surface area contributed by atoms with Crippen molar-refractivity contribution in [2.75, 3.05) is 20.3 Å². The van der Waals surface area contributed by atoms with Gasteiger partial charge in [0, 0.05) is 4.47 Å². The van der Waals surface area contributed by atoms with Crippen molar-refractivity contribution in [1.29, 1.82) is 0 Å². The largest absolute Gasteiger partial charge is 0.506 e. The molecule has 0 saturated heterocycles. The van der Waals surface area contributed by atoms with Crippen LogP contribution in [-0.2, 0) is 9.53 Å². The first-order valence-corrected chi connectivity index (χ1v) is 11.2. The maximum absolute atomic E-state index is 12.5. The third-order valence-electron chi connectivity index (χ3n) is 4.24. The molecule has 6 nitrogen and oxygen atoms in total. The van der Waals surface area contributed by atoms with Gasteiger partial charge in [-0.3, -0.25) is 0 Å². The average molecular weight is 514 g/mol. The summed E-state index contributed by atoms with van der Waals surface area (Å²) in [6, 6.07) is 12.7. The van der Waals surface area contributed by atoms with Gasteiger partial charge >= 0.3 is 5.97 Å². The van der Waals surface area contributed by atoms with Crippen molar-refractivity contribution >= 4 is 50.5 Å². The molecule has 3 rings (SSSR count). The molecule has 2 aromatic carbocycles. The molecule has 1 heterocycles. The number of hydrogen-bond acceptors (Lipinski definition) is 7. The van der Waals surface area contributed by atoms with Gasteiger partial charge in [-0.25, -0.2) is 9.79 Å². The number of carbonyl (C=O) groups is 1. The van der Waals surface area contributed by atoms with Crippen LogP contribution < -0.4 is 9.47 Å². The first-order chi connectivity index (χ1) is 15.5. The SMILES string of the molecule is C#CCOc1cc(Br)c(/C=C2\SC(=Nc3ccccc3)C(C(=O)OCC)=C2O)cc1OC. The number of aliphatic hydroxyl groups excluding tert-OH is 1. The second kappa shape index (κ2) is 10.9. The smallest absolute Gasteiger partial charge is 0.344 e. The van der Waals surface area contributed by atoms with Crippen LogP contribution in [0, 0.1) is 12.3 Å². The fraction of sp³-hybridized carbons (Fsp3) is 0.167. The van der Waals surface area contributed by atoms with E-state index in [0.717, 1.165) is 0 Å². The number of carbonyl (C=O) groups excluding carboxylic acids is 1. The van der Waals surface area contributed by atoms with E-state index in [1.165, 1.54) is 18.9 Å². The van der Waals surface area contributed by atoms with Crippen molar-refractivity contribution in [1.82, 2.24) is 0 Å². The molecule has 8 heteroatoms. The van der Waals surface area contributed by atoms with Crippen molar-refractivity contribution in [3.63, 3.8) is 0 Å². The molecule has 164 valence electrons. The molecule has 0 aromatic heterocycles. The van der Waals surface area contributed by atoms with Crippen LogP contribution in [0.1, 0.15) is 12.5 Å². The molecule has 0 radical (unpaired) electrons. The number of nitrogens with zero attached hydrogens (tertiary/aromatic N) is 1. The highest BCUT2D eigenvalue weighted by atomic mass is 79.9. The number of thioether (sulfide) groups is 1. The number of benzene rings is 2. The van der Waals surface area contributed by atoms with Crippen molar-refractivity contribution < 1.29 is 24.1 Å². The van der Waals surface area contributed by atoms with Gasteiger partial charge in [-0.1, -0.05) is 51.8 Å². The summed E-state index contributed by atoms with van der Waals surface area (Å²) in [4.78, 5) is 17.5. The molecule has 0 amide bonds. The van der Waals surface area contributed by atoms with Gasteiger partial charge in [-0.2, -0.15) is 0 Å². The molecule has 0 fully saturated rings. The van der Waals surface area contributed by atoms with E-state index in [1.807, 2.05) is 30.3 Å². The standard InChI is InChI=1S/C24H20BrNO5S/c1-4-11-31-19-14-17(25)15(12-18(19)29-3)13-20-22(27)21(24(28)30-5-2)23(32-20)26-16-9-7-6-8-10-16/h1,6-10,12-14,27H,5,11H2,2-3H3/b20-13-,26-23?. The lowest BCUT2D eigenvalue weighted by Gasteiger charge is -2.11. The Hall–Kier alpha value is -3.15. The zero-order valence-corrected chi connectivity index (χ0v) is 19.8. The maximum Gasteiger partial charge on any atom is 0.344 e. The first kappa shape index (κ1) is 23.5. The molecule has 0 atom stereocenters. The van der Waals surface area contributed by atoms with Gasteiger partial charge in [0.1, 0.15) is 23.0 Å². The second-order valence-electron chi connectivity index (χ2n) is 6.32. The van der Waals surface area contributed by atoms with Crippen LogP contribution in [0.25, 0.3) is 6.08 Å². The molecule has 0 saturated carbocycles. The summed E-state index contributed by atoms with van der Waals surface area (Å²) in [6.07, 6.45) is 6.99. The monoisotopic (exact) mass is 513 g/mol. The van der Waals surface area contributed by atoms with Gasteiger partial charge < -0.3 is 19.3 Å². The predicted octanol–water partition coefficient (Wildman–Crippen LogP) is 5.66. The number of rotatable bonds is 7. The lowest BCUT2D eigenvalue weighted by molar-refractivity contribution is -0.138. The van der Waals surface area contributed by atoms with Crippen LogP contribution in [0.3, 0.4) is 0 Å². The number of aliphatic hydroxyl groups is 1. The molecular weight excluding hydrogens is 494 g/mol. The normalized spacial score (nSPS) is 15.7. The summed E-state index contributed by atoms with van der Waals surface area (Å²) in [6.45, 7) is 1.99. The van der Waals surface area contributed by atoms with Gasteiger partial charge in [0.2, 0.25) is 0 Å². The van der Waals surface area contributed by atoms with Gasteiger partial charge in [-0.05, 0) is 42.8 Å². The lowest BCUT2D eigenvalue weighted by atomic mass is 10.1. The number of esters is 1. The van der Waals surface area contributed by atoms with E-state index in [2.05, 4.69) is 26.8 Å². The van der Waals surface area contributed by atoms with Crippen LogP contribution >= 0.6 is 27.7 Å². The second-order valence-corrected chi connectivity index (χ2v) is 8.21. The molecule has 0 unspecified atom stereocenters. The topological polar surface area (TPSA) is 77.4 Å². The zero-order valence-electron chi connectivity index (χ0n) is 17.4. The molecule has 1 N–H and O–H groups in total. The Morgan fingerprint density at radius 1 is 1.28 bits per heavy atom. The van der Waals surface area contributed by atoms with E-state index in [9.17, 15) is 9.90 Å². The minimum Gasteiger partial charge on any atom is -0.506 e. The first-order valence-electron chi connectivity index (χ1n) is 9.56. The van der Waals surface area contributed by atoms with E-state index >= 15 is 0 Å². The third-order valence-corrected chi connectivity index (χ3v) is 5.94. The molecule has 2 aromatic rings. The van der Waals surface area contributed by atoms with Crippen LogP contribution in [0.5, 0.6) is 11.5 Å². The van der Waals surface area contributed by atoms with Crippen molar-refractivity contribution in [2.45, 2.75) is 6.92 Å². The summed E-state index contributed by atoms with van der Waals surface area (Å²) in [5.74, 6) is 2.55. The molecule has 1 aliphatic rings. The molecule has 0 spiro atoms. The van der Waals surface area contributed by atoms with E-state index in [1.54, 1.807) is 25.1 Å². The van der Waals surface area contributed by atoms with Crippen LogP contribution in [0.2, 0.25) is 0 Å². The summed E-state index contributed by atoms with van der Waals surface area (Å²) >= 11 is 4.68. The van der Waals surface area contributed by atoms with Gasteiger partial charge in [0.25, 0.3) is 0 Å². The van der Waals surface area contributed by atoms with Crippen LogP contribution in [0.15, 0.2) is 68.2 Å². The quantitative estimate of drug-likeness (QED) is 0.380. The number of methoxy groups -OCH3 is 1. The fourth-order valence-electron chi connectivity index (χ4n) is 2.81. The third kappa shape index (κ3) is 5.36. The number of terminal acetylenes is 1. The minimum atomic E-state index is -0.634. The molecule has 0 bridgehead atoms. The highest BCUT2D eigenvalue weighted by Crippen LogP contribution is 2.42. The number of hydrogen-bond donors (Lipinski definition) is 1. The van der Waals surface area contributed by atoms with Crippen LogP contribution in [-0.4, -0.2) is 36.4 Å². The number of halogens is 1. The summed E-state index contributed by atoms with van der Waals surface area (Å²) in [7, 11) is 1.52. The van der Waals surface area contributed by atoms with Crippen LogP contribution in [0.4, 0.5) is 5.69 Å². The molecule has 1 aliphatic heterocycles. The lowest BCUT2D eigenvalue weighted by Crippen LogP contribution is -2.12. The van der Waals surface area contributed by atoms with Crippen molar-refractivity contribution in [3.05, 3.63) is 68.7 Å². The van der Waals surface area contributed by atoms with E-state index in [4.69, 9.17) is 20.6 Å². The van der Waals surface area contributed by atoms with Gasteiger partial charge in [0.05, 0.1) is 24.3 Å². The molecule has 0 aliphatic carbocycles. The van der Waals surface area contributed by atoms with E-state index < -0.39 is 5.97 Å². The fourth-order valence-corrected chi connectivity index (χ4v) is 4.27. The predicted molar refractivity (Wildman–Crippen MR) is 130 cm³/mol. The molecule has 32 heavy (non-hydrogen) atoms. The number of ether oxygens (including phenoxy) is 3. The van der Waals surface area contributed by atoms with E-state index in [0.29, 0.717) is 37.2 Å². The average Bonchev–Trinajstić information content (AvgIpc) is 3.09. The zero-order chi connectivity index (χ0) is 23.1. The summed E-state index contributed by atoms with van der Waals surface area (Å²) in [5.41, 5.74) is 1.39. The van der Waals surface area contributed by atoms with Gasteiger partial charge in [0.15, 0.2) is 11.5 Å². The summed E-state index contributed by atoms with van der Waals surface area (Å²) in [5, 5.41) is 11.2. The van der Waals surface area contributed by atoms with Crippen molar-refractivity contribution in [3.8, 4) is 23.8 Å². The Bertz CT molecular complexity index is 1150. The Kier molecular flexibility index (Phi) is 8.03. The van der Waals surface area contributed by atoms with Gasteiger partial charge in [-0.15, -0.1) is 6.42 Å². The maximum atomic E-state index is 12.5. The summed E-state index contributed by atoms with van der Waals surface area (Å²) < 4.78 is 16.7. The Morgan fingerprint density at radius 2 is 2.03 bits per heavy atom. The minimum absolute atomic E-state index is 0.0315. The highest BCUT2D eigenvalue weighted by Gasteiger charge is 2.33. The number of aliphatic imine (C=N–C) groups is 1. The Labute approximate surface area is 199 Å². The van der Waals surface area contributed by atoms with Crippen molar-refractivity contribution in [2.24, 2.45) is 4.99 Å². The molecular formula is C24H20BrNO5S. The Morgan fingerprint density at radius 3 is 2.69 bits per heavy atom. The van der Waals surface area contributed by atoms with E-state index in [-0.39, 0.29) is 24.5 Å². The highest BCUT2D eigenvalue weighted by molar-refractivity contribution is 9.10. The number of para-hydroxylation sites is 1.